The van der Waals surface area contributed by atoms with Gasteiger partial charge in [-0.1, -0.05) is 20.8 Å². The van der Waals surface area contributed by atoms with E-state index in [2.05, 4.69) is 25.8 Å². The summed E-state index contributed by atoms with van der Waals surface area (Å²) in [6.07, 6.45) is 2.98. The standard InChI is InChI=1S/C13H21NO2/c1-5-16-11(15)14-10-8-9-6-7-13(10,4)12(9,2)3/h9H,5-8H2,1-4H3. The highest BCUT2D eigenvalue weighted by atomic mass is 16.5. The van der Waals surface area contributed by atoms with Gasteiger partial charge in [-0.05, 0) is 37.5 Å². The Bertz CT molecular complexity index is 346. The molecule has 2 atom stereocenters. The maximum absolute atomic E-state index is 11.4. The summed E-state index contributed by atoms with van der Waals surface area (Å²) >= 11 is 0. The summed E-state index contributed by atoms with van der Waals surface area (Å²) in [5, 5.41) is 0. The number of fused-ring (bicyclic) bond motifs is 2. The normalized spacial score (nSPS) is 38.0. The SMILES string of the molecule is CCOC(=O)N=C1CC2CCC1(C)C2(C)C. The van der Waals surface area contributed by atoms with Crippen molar-refractivity contribution in [3.63, 3.8) is 0 Å². The molecule has 0 aromatic carbocycles. The number of amides is 1. The van der Waals surface area contributed by atoms with Gasteiger partial charge in [-0.2, -0.15) is 4.99 Å². The van der Waals surface area contributed by atoms with Crippen molar-refractivity contribution in [1.82, 2.24) is 0 Å². The third-order valence-corrected chi connectivity index (χ3v) is 5.01. The van der Waals surface area contributed by atoms with E-state index >= 15 is 0 Å². The van der Waals surface area contributed by atoms with Crippen molar-refractivity contribution >= 4 is 11.8 Å². The molecule has 0 aromatic rings. The molecule has 2 aliphatic rings. The van der Waals surface area contributed by atoms with Crippen LogP contribution in [0.2, 0.25) is 0 Å². The van der Waals surface area contributed by atoms with Gasteiger partial charge < -0.3 is 4.74 Å². The minimum Gasteiger partial charge on any atom is -0.448 e. The predicted octanol–water partition coefficient (Wildman–Crippen LogP) is 3.43. The number of hydrogen-bond donors (Lipinski definition) is 0. The van der Waals surface area contributed by atoms with Crippen molar-refractivity contribution in [2.75, 3.05) is 6.61 Å². The van der Waals surface area contributed by atoms with Gasteiger partial charge in [0, 0.05) is 11.1 Å². The average molecular weight is 223 g/mol. The number of carbonyl (C=O) groups is 1. The van der Waals surface area contributed by atoms with Crippen molar-refractivity contribution in [1.29, 1.82) is 0 Å². The van der Waals surface area contributed by atoms with Gasteiger partial charge in [-0.15, -0.1) is 0 Å². The van der Waals surface area contributed by atoms with Crippen molar-refractivity contribution in [3.05, 3.63) is 0 Å². The summed E-state index contributed by atoms with van der Waals surface area (Å²) in [5.41, 5.74) is 1.44. The highest BCUT2D eigenvalue weighted by Gasteiger charge is 2.59. The van der Waals surface area contributed by atoms with E-state index in [4.69, 9.17) is 4.74 Å². The molecule has 2 rings (SSSR count). The lowest BCUT2D eigenvalue weighted by Gasteiger charge is -2.34. The predicted molar refractivity (Wildman–Crippen MR) is 63.7 cm³/mol. The zero-order valence-electron chi connectivity index (χ0n) is 10.7. The number of hydrogen-bond acceptors (Lipinski definition) is 2. The van der Waals surface area contributed by atoms with E-state index in [0.29, 0.717) is 12.5 Å². The Hall–Kier alpha value is -0.860. The van der Waals surface area contributed by atoms with Crippen molar-refractivity contribution in [2.45, 2.75) is 47.0 Å². The van der Waals surface area contributed by atoms with Crippen LogP contribution in [0.15, 0.2) is 4.99 Å². The minimum absolute atomic E-state index is 0.102. The van der Waals surface area contributed by atoms with Gasteiger partial charge in [-0.3, -0.25) is 0 Å². The quantitative estimate of drug-likeness (QED) is 0.683. The number of ether oxygens (including phenoxy) is 1. The molecule has 0 saturated heterocycles. The van der Waals surface area contributed by atoms with Crippen LogP contribution >= 0.6 is 0 Å². The second kappa shape index (κ2) is 3.57. The van der Waals surface area contributed by atoms with Crippen LogP contribution in [0.5, 0.6) is 0 Å². The minimum atomic E-state index is -0.415. The molecule has 90 valence electrons. The zero-order valence-corrected chi connectivity index (χ0v) is 10.7. The van der Waals surface area contributed by atoms with E-state index in [0.717, 1.165) is 18.6 Å². The van der Waals surface area contributed by atoms with Crippen LogP contribution in [0, 0.1) is 16.7 Å². The first-order valence-electron chi connectivity index (χ1n) is 6.16. The average Bonchev–Trinajstić information content (AvgIpc) is 2.51. The summed E-state index contributed by atoms with van der Waals surface area (Å²) in [7, 11) is 0. The molecule has 0 radical (unpaired) electrons. The number of aliphatic imine (C=N–C) groups is 1. The fourth-order valence-electron chi connectivity index (χ4n) is 3.36. The molecule has 0 aromatic heterocycles. The first-order valence-corrected chi connectivity index (χ1v) is 6.16. The number of nitrogens with zero attached hydrogens (tertiary/aromatic N) is 1. The van der Waals surface area contributed by atoms with Gasteiger partial charge in [0.1, 0.15) is 0 Å². The summed E-state index contributed by atoms with van der Waals surface area (Å²) < 4.78 is 4.90. The third kappa shape index (κ3) is 1.40. The van der Waals surface area contributed by atoms with E-state index in [-0.39, 0.29) is 10.8 Å². The van der Waals surface area contributed by atoms with Crippen LogP contribution in [-0.4, -0.2) is 18.4 Å². The van der Waals surface area contributed by atoms with Crippen molar-refractivity contribution in [3.8, 4) is 0 Å². The lowest BCUT2D eigenvalue weighted by atomic mass is 9.70. The molecule has 0 heterocycles. The van der Waals surface area contributed by atoms with Crippen LogP contribution in [0.25, 0.3) is 0 Å². The lowest BCUT2D eigenvalue weighted by molar-refractivity contribution is 0.162. The van der Waals surface area contributed by atoms with Crippen molar-refractivity contribution < 1.29 is 9.53 Å². The molecule has 2 unspecified atom stereocenters. The van der Waals surface area contributed by atoms with Gasteiger partial charge >= 0.3 is 6.09 Å². The van der Waals surface area contributed by atoms with Gasteiger partial charge in [0.15, 0.2) is 0 Å². The monoisotopic (exact) mass is 223 g/mol. The van der Waals surface area contributed by atoms with Crippen LogP contribution in [0.4, 0.5) is 4.79 Å². The molecule has 0 aliphatic heterocycles. The zero-order chi connectivity index (χ0) is 12.0. The molecule has 16 heavy (non-hydrogen) atoms. The molecular weight excluding hydrogens is 202 g/mol. The lowest BCUT2D eigenvalue weighted by Crippen LogP contribution is -2.33. The maximum Gasteiger partial charge on any atom is 0.433 e. The Morgan fingerprint density at radius 2 is 2.19 bits per heavy atom. The molecule has 2 saturated carbocycles. The molecule has 2 bridgehead atoms. The third-order valence-electron chi connectivity index (χ3n) is 5.01. The summed E-state index contributed by atoms with van der Waals surface area (Å²) in [4.78, 5) is 15.6. The summed E-state index contributed by atoms with van der Waals surface area (Å²) in [5.74, 6) is 0.686. The highest BCUT2D eigenvalue weighted by Crippen LogP contribution is 2.63. The second-order valence-corrected chi connectivity index (χ2v) is 5.75. The molecule has 0 spiro atoms. The van der Waals surface area contributed by atoms with E-state index in [1.54, 1.807) is 0 Å². The fourth-order valence-corrected chi connectivity index (χ4v) is 3.36. The smallest absolute Gasteiger partial charge is 0.433 e. The summed E-state index contributed by atoms with van der Waals surface area (Å²) in [6.45, 7) is 9.07. The van der Waals surface area contributed by atoms with Crippen LogP contribution in [-0.2, 0) is 4.74 Å². The largest absolute Gasteiger partial charge is 0.448 e. The number of rotatable bonds is 1. The fraction of sp³-hybridized carbons (Fsp3) is 0.846. The maximum atomic E-state index is 11.4. The first kappa shape index (κ1) is 11.6. The van der Waals surface area contributed by atoms with E-state index in [1.807, 2.05) is 6.92 Å². The Balaban J connectivity index is 2.24. The molecule has 0 N–H and O–H groups in total. The van der Waals surface area contributed by atoms with Gasteiger partial charge in [0.05, 0.1) is 6.61 Å². The Labute approximate surface area is 97.3 Å². The van der Waals surface area contributed by atoms with Crippen LogP contribution in [0.3, 0.4) is 0 Å². The second-order valence-electron chi connectivity index (χ2n) is 5.75. The molecule has 3 heteroatoms. The van der Waals surface area contributed by atoms with Crippen LogP contribution in [0.1, 0.15) is 47.0 Å². The first-order chi connectivity index (χ1) is 7.41. The van der Waals surface area contributed by atoms with Crippen LogP contribution < -0.4 is 0 Å². The Morgan fingerprint density at radius 3 is 2.62 bits per heavy atom. The molecule has 2 fully saturated rings. The van der Waals surface area contributed by atoms with E-state index < -0.39 is 6.09 Å². The number of carbonyl (C=O) groups excluding carboxylic acids is 1. The van der Waals surface area contributed by atoms with Gasteiger partial charge in [0.2, 0.25) is 0 Å². The topological polar surface area (TPSA) is 38.7 Å². The van der Waals surface area contributed by atoms with Gasteiger partial charge in [0.25, 0.3) is 0 Å². The van der Waals surface area contributed by atoms with E-state index in [1.165, 1.54) is 6.42 Å². The molecule has 2 aliphatic carbocycles. The van der Waals surface area contributed by atoms with E-state index in [9.17, 15) is 4.79 Å². The van der Waals surface area contributed by atoms with Crippen molar-refractivity contribution in [2.24, 2.45) is 21.7 Å². The highest BCUT2D eigenvalue weighted by molar-refractivity contribution is 6.00. The molecule has 1 amide bonds. The Kier molecular flexibility index (Phi) is 2.59. The Morgan fingerprint density at radius 1 is 1.50 bits per heavy atom. The molecule has 3 nitrogen and oxygen atoms in total. The molecular formula is C13H21NO2. The summed E-state index contributed by atoms with van der Waals surface area (Å²) in [6, 6.07) is 0. The van der Waals surface area contributed by atoms with Gasteiger partial charge in [-0.25, -0.2) is 4.79 Å².